The lowest BCUT2D eigenvalue weighted by Crippen LogP contribution is -2.51. The minimum absolute atomic E-state index is 0.121. The number of nitrogens with zero attached hydrogens (tertiary/aromatic N) is 2. The Labute approximate surface area is 208 Å². The number of ether oxygens (including phenoxy) is 1. The van der Waals surface area contributed by atoms with Crippen molar-refractivity contribution in [3.63, 3.8) is 0 Å². The molecule has 0 radical (unpaired) electrons. The zero-order chi connectivity index (χ0) is 25.4. The quantitative estimate of drug-likeness (QED) is 0.230. The molecule has 1 spiro atoms. The third-order valence-corrected chi connectivity index (χ3v) is 7.29. The zero-order valence-corrected chi connectivity index (χ0v) is 19.0. The van der Waals surface area contributed by atoms with Crippen LogP contribution in [0.3, 0.4) is 0 Å². The van der Waals surface area contributed by atoms with Crippen LogP contribution in [-0.2, 0) is 14.3 Å². The number of amides is 2. The first-order chi connectivity index (χ1) is 17.3. The van der Waals surface area contributed by atoms with E-state index in [0.717, 1.165) is 4.90 Å². The zero-order valence-electron chi connectivity index (χ0n) is 18.3. The normalized spacial score (nSPS) is 23.9. The maximum atomic E-state index is 13.8. The average molecular weight is 503 g/mol. The Balaban J connectivity index is 1.52. The summed E-state index contributed by atoms with van der Waals surface area (Å²) in [5.41, 5.74) is -1.57. The molecule has 6 rings (SSSR count). The van der Waals surface area contributed by atoms with Crippen LogP contribution in [0.2, 0.25) is 5.02 Å². The number of Topliss-reactive ketones (excluding diaryl/α,β-unsaturated/α-hetero) is 2. The first-order valence-corrected chi connectivity index (χ1v) is 11.4. The van der Waals surface area contributed by atoms with Crippen LogP contribution in [0.5, 0.6) is 0 Å². The van der Waals surface area contributed by atoms with Gasteiger partial charge in [0.05, 0.1) is 28.6 Å². The molecule has 3 atom stereocenters. The summed E-state index contributed by atoms with van der Waals surface area (Å²) in [5, 5.41) is 11.5. The van der Waals surface area contributed by atoms with E-state index in [9.17, 15) is 29.3 Å². The Morgan fingerprint density at radius 2 is 1.42 bits per heavy atom. The maximum absolute atomic E-state index is 13.8. The Morgan fingerprint density at radius 1 is 0.833 bits per heavy atom. The molecule has 2 amide bonds. The highest BCUT2D eigenvalue weighted by Crippen LogP contribution is 2.57. The number of non-ortho nitro benzene ring substituents is 1. The number of carbonyl (C=O) groups excluding carboxylic acids is 4. The number of carbonyl (C=O) groups is 4. The third kappa shape index (κ3) is 2.81. The van der Waals surface area contributed by atoms with Gasteiger partial charge in [-0.05, 0) is 42.0 Å². The van der Waals surface area contributed by atoms with Gasteiger partial charge in [0.25, 0.3) is 5.69 Å². The number of hydrogen-bond acceptors (Lipinski definition) is 7. The number of ketones is 2. The van der Waals surface area contributed by atoms with Crippen molar-refractivity contribution in [2.24, 2.45) is 11.8 Å². The van der Waals surface area contributed by atoms with E-state index in [1.165, 1.54) is 60.7 Å². The molecule has 3 aromatic rings. The molecule has 0 aromatic heterocycles. The molecular formula is C26H15ClN2O7. The van der Waals surface area contributed by atoms with E-state index in [4.69, 9.17) is 16.3 Å². The number of nitro benzene ring substituents is 1. The monoisotopic (exact) mass is 502 g/mol. The average Bonchev–Trinajstić information content (AvgIpc) is 3.45. The molecule has 3 aliphatic rings. The van der Waals surface area contributed by atoms with Gasteiger partial charge in [-0.3, -0.25) is 29.3 Å². The number of imide groups is 1. The van der Waals surface area contributed by atoms with Gasteiger partial charge in [-0.2, -0.15) is 0 Å². The van der Waals surface area contributed by atoms with Gasteiger partial charge >= 0.3 is 0 Å². The summed E-state index contributed by atoms with van der Waals surface area (Å²) in [4.78, 5) is 66.4. The SMILES string of the molecule is O=C1[C@@H]2[C@H](c3ccc([N+](=O)[O-])cc3)OC3(C(=O)c4ccccc4C3=O)[C@H]2C(=O)N1c1ccc(Cl)cc1. The molecule has 178 valence electrons. The molecule has 0 unspecified atom stereocenters. The van der Waals surface area contributed by atoms with Crippen LogP contribution < -0.4 is 4.90 Å². The molecule has 0 saturated carbocycles. The Kier molecular flexibility index (Phi) is 4.73. The second-order valence-electron chi connectivity index (χ2n) is 8.82. The van der Waals surface area contributed by atoms with Crippen molar-refractivity contribution >= 4 is 46.4 Å². The highest BCUT2D eigenvalue weighted by atomic mass is 35.5. The highest BCUT2D eigenvalue weighted by Gasteiger charge is 2.74. The lowest BCUT2D eigenvalue weighted by Gasteiger charge is -2.27. The minimum atomic E-state index is -2.21. The molecule has 1 aliphatic carbocycles. The Bertz CT molecular complexity index is 1460. The number of hydrogen-bond donors (Lipinski definition) is 0. The molecule has 2 aliphatic heterocycles. The first kappa shape index (κ1) is 22.3. The molecule has 9 nitrogen and oxygen atoms in total. The number of halogens is 1. The van der Waals surface area contributed by atoms with Crippen molar-refractivity contribution in [3.8, 4) is 0 Å². The lowest BCUT2D eigenvalue weighted by atomic mass is 9.77. The van der Waals surface area contributed by atoms with Crippen LogP contribution in [0.1, 0.15) is 32.4 Å². The van der Waals surface area contributed by atoms with Crippen LogP contribution in [0, 0.1) is 22.0 Å². The lowest BCUT2D eigenvalue weighted by molar-refractivity contribution is -0.384. The van der Waals surface area contributed by atoms with E-state index in [1.807, 2.05) is 0 Å². The molecule has 0 bridgehead atoms. The van der Waals surface area contributed by atoms with Crippen LogP contribution >= 0.6 is 11.6 Å². The van der Waals surface area contributed by atoms with Crippen molar-refractivity contribution in [1.29, 1.82) is 0 Å². The molecule has 10 heteroatoms. The van der Waals surface area contributed by atoms with Crippen molar-refractivity contribution < 1.29 is 28.8 Å². The number of benzene rings is 3. The minimum Gasteiger partial charge on any atom is -0.349 e. The van der Waals surface area contributed by atoms with Gasteiger partial charge in [0.15, 0.2) is 0 Å². The molecule has 3 aromatic carbocycles. The fourth-order valence-corrected chi connectivity index (χ4v) is 5.57. The molecule has 2 saturated heterocycles. The van der Waals surface area contributed by atoms with E-state index in [0.29, 0.717) is 10.6 Å². The third-order valence-electron chi connectivity index (χ3n) is 7.04. The molecule has 2 heterocycles. The fraction of sp³-hybridized carbons (Fsp3) is 0.154. The summed E-state index contributed by atoms with van der Waals surface area (Å²) in [5.74, 6) is -5.33. The summed E-state index contributed by atoms with van der Waals surface area (Å²) in [6.07, 6.45) is -1.16. The van der Waals surface area contributed by atoms with Gasteiger partial charge < -0.3 is 4.74 Å². The van der Waals surface area contributed by atoms with E-state index in [1.54, 1.807) is 12.1 Å². The highest BCUT2D eigenvalue weighted by molar-refractivity contribution is 6.37. The second-order valence-corrected chi connectivity index (χ2v) is 9.25. The number of nitro groups is 1. The molecule has 0 N–H and O–H groups in total. The smallest absolute Gasteiger partial charge is 0.269 e. The van der Waals surface area contributed by atoms with E-state index in [-0.39, 0.29) is 22.5 Å². The second kappa shape index (κ2) is 7.64. The summed E-state index contributed by atoms with van der Waals surface area (Å²) in [6.45, 7) is 0. The largest absolute Gasteiger partial charge is 0.349 e. The van der Waals surface area contributed by atoms with Crippen molar-refractivity contribution in [2.45, 2.75) is 11.7 Å². The van der Waals surface area contributed by atoms with Crippen LogP contribution in [0.25, 0.3) is 0 Å². The standard InChI is InChI=1S/C26H15ClN2O7/c27-14-7-11-15(12-8-14)28-24(32)19-20(25(28)33)26(22(30)17-3-1-2-4-18(17)23(26)31)36-21(19)13-5-9-16(10-6-13)29(34)35/h1-12,19-21H/t19-,20+,21-/m0/s1. The van der Waals surface area contributed by atoms with Gasteiger partial charge in [0.1, 0.15) is 0 Å². The van der Waals surface area contributed by atoms with E-state index in [2.05, 4.69) is 0 Å². The molecule has 2 fully saturated rings. The van der Waals surface area contributed by atoms with Gasteiger partial charge in [-0.1, -0.05) is 35.9 Å². The topological polar surface area (TPSA) is 124 Å². The predicted molar refractivity (Wildman–Crippen MR) is 126 cm³/mol. The predicted octanol–water partition coefficient (Wildman–Crippen LogP) is 3.94. The Morgan fingerprint density at radius 3 is 1.97 bits per heavy atom. The van der Waals surface area contributed by atoms with Crippen molar-refractivity contribution in [3.05, 3.63) is 105 Å². The number of anilines is 1. The van der Waals surface area contributed by atoms with Gasteiger partial charge in [-0.25, -0.2) is 4.90 Å². The van der Waals surface area contributed by atoms with Crippen LogP contribution in [0.15, 0.2) is 72.8 Å². The first-order valence-electron chi connectivity index (χ1n) is 11.0. The maximum Gasteiger partial charge on any atom is 0.269 e. The van der Waals surface area contributed by atoms with E-state index >= 15 is 0 Å². The van der Waals surface area contributed by atoms with Crippen molar-refractivity contribution in [2.75, 3.05) is 4.90 Å². The summed E-state index contributed by atoms with van der Waals surface area (Å²) in [7, 11) is 0. The van der Waals surface area contributed by atoms with Gasteiger partial charge in [0.2, 0.25) is 29.0 Å². The molecular weight excluding hydrogens is 488 g/mol. The molecule has 36 heavy (non-hydrogen) atoms. The van der Waals surface area contributed by atoms with Crippen molar-refractivity contribution in [1.82, 2.24) is 0 Å². The Hall–Kier alpha value is -4.21. The van der Waals surface area contributed by atoms with Gasteiger partial charge in [-0.15, -0.1) is 0 Å². The van der Waals surface area contributed by atoms with E-state index < -0.39 is 51.8 Å². The summed E-state index contributed by atoms with van der Waals surface area (Å²) in [6, 6.07) is 17.5. The number of fused-ring (bicyclic) bond motifs is 3. The van der Waals surface area contributed by atoms with Gasteiger partial charge in [0, 0.05) is 28.3 Å². The van der Waals surface area contributed by atoms with Crippen LogP contribution in [-0.4, -0.2) is 33.9 Å². The summed E-state index contributed by atoms with van der Waals surface area (Å²) >= 11 is 5.97. The number of rotatable bonds is 3. The van der Waals surface area contributed by atoms with Crippen LogP contribution in [0.4, 0.5) is 11.4 Å². The fourth-order valence-electron chi connectivity index (χ4n) is 5.45. The summed E-state index contributed by atoms with van der Waals surface area (Å²) < 4.78 is 6.16.